The van der Waals surface area contributed by atoms with E-state index in [0.717, 1.165) is 21.4 Å². The summed E-state index contributed by atoms with van der Waals surface area (Å²) < 4.78 is 0. The summed E-state index contributed by atoms with van der Waals surface area (Å²) in [6.45, 7) is 1.60. The molecule has 0 unspecified atom stereocenters. The van der Waals surface area contributed by atoms with Crippen molar-refractivity contribution in [2.75, 3.05) is 0 Å². The van der Waals surface area contributed by atoms with E-state index in [0.29, 0.717) is 6.42 Å². The molecule has 3 heteroatoms. The SMILES string of the molecule is CC(=O)Cc1cccc(S)c1CBr. The Morgan fingerprint density at radius 1 is 1.54 bits per heavy atom. The average Bonchev–Trinajstić information content (AvgIpc) is 2.03. The van der Waals surface area contributed by atoms with E-state index in [1.54, 1.807) is 6.92 Å². The van der Waals surface area contributed by atoms with Crippen LogP contribution >= 0.6 is 28.6 Å². The number of thiol groups is 1. The third-order valence-electron chi connectivity index (χ3n) is 1.82. The van der Waals surface area contributed by atoms with Crippen LogP contribution in [0.2, 0.25) is 0 Å². The van der Waals surface area contributed by atoms with Crippen LogP contribution in [0.3, 0.4) is 0 Å². The zero-order chi connectivity index (χ0) is 9.84. The second-order valence-corrected chi connectivity index (χ2v) is 3.97. The van der Waals surface area contributed by atoms with Gasteiger partial charge in [0.2, 0.25) is 0 Å². The fourth-order valence-corrected chi connectivity index (χ4v) is 2.40. The molecule has 0 aliphatic heterocycles. The summed E-state index contributed by atoms with van der Waals surface area (Å²) >= 11 is 7.72. The molecule has 0 radical (unpaired) electrons. The number of hydrogen-bond acceptors (Lipinski definition) is 2. The minimum absolute atomic E-state index is 0.182. The van der Waals surface area contributed by atoms with Crippen molar-refractivity contribution in [1.82, 2.24) is 0 Å². The summed E-state index contributed by atoms with van der Waals surface area (Å²) in [5.74, 6) is 0.182. The standard InChI is InChI=1S/C10H11BrOS/c1-7(12)5-8-3-2-4-10(13)9(8)6-11/h2-4,13H,5-6H2,1H3. The highest BCUT2D eigenvalue weighted by molar-refractivity contribution is 9.08. The zero-order valence-corrected chi connectivity index (χ0v) is 9.86. The summed E-state index contributed by atoms with van der Waals surface area (Å²) in [7, 11) is 0. The molecule has 0 aliphatic rings. The maximum Gasteiger partial charge on any atom is 0.134 e. The summed E-state index contributed by atoms with van der Waals surface area (Å²) in [6, 6.07) is 5.83. The molecule has 0 N–H and O–H groups in total. The van der Waals surface area contributed by atoms with Gasteiger partial charge in [0.1, 0.15) is 5.78 Å². The van der Waals surface area contributed by atoms with Crippen LogP contribution in [-0.2, 0) is 16.5 Å². The Labute approximate surface area is 92.1 Å². The molecule has 1 rings (SSSR count). The third kappa shape index (κ3) is 2.85. The topological polar surface area (TPSA) is 17.1 Å². The molecule has 0 aliphatic carbocycles. The van der Waals surface area contributed by atoms with Gasteiger partial charge in [-0.15, -0.1) is 12.6 Å². The number of carbonyl (C=O) groups excluding carboxylic acids is 1. The maximum atomic E-state index is 11.0. The van der Waals surface area contributed by atoms with Crippen LogP contribution in [0.25, 0.3) is 0 Å². The number of alkyl halides is 1. The fourth-order valence-electron chi connectivity index (χ4n) is 1.21. The monoisotopic (exact) mass is 258 g/mol. The lowest BCUT2D eigenvalue weighted by Gasteiger charge is -2.07. The molecule has 0 saturated heterocycles. The first-order valence-corrected chi connectivity index (χ1v) is 5.57. The smallest absolute Gasteiger partial charge is 0.134 e. The van der Waals surface area contributed by atoms with Crippen LogP contribution in [0, 0.1) is 0 Å². The van der Waals surface area contributed by atoms with Crippen molar-refractivity contribution in [3.63, 3.8) is 0 Å². The molecule has 0 amide bonds. The predicted octanol–water partition coefficient (Wildman–Crippen LogP) is 3.00. The quantitative estimate of drug-likeness (QED) is 0.652. The molecular weight excluding hydrogens is 248 g/mol. The molecule has 70 valence electrons. The highest BCUT2D eigenvalue weighted by atomic mass is 79.9. The Bertz CT molecular complexity index is 323. The van der Waals surface area contributed by atoms with Crippen LogP contribution in [-0.4, -0.2) is 5.78 Å². The van der Waals surface area contributed by atoms with Gasteiger partial charge in [0, 0.05) is 16.6 Å². The number of carbonyl (C=O) groups is 1. The largest absolute Gasteiger partial charge is 0.300 e. The van der Waals surface area contributed by atoms with Gasteiger partial charge in [-0.05, 0) is 24.1 Å². The number of Topliss-reactive ketones (excluding diaryl/α,β-unsaturated/α-hetero) is 1. The van der Waals surface area contributed by atoms with E-state index in [4.69, 9.17) is 0 Å². The number of hydrogen-bond donors (Lipinski definition) is 1. The van der Waals surface area contributed by atoms with E-state index in [1.807, 2.05) is 18.2 Å². The lowest BCUT2D eigenvalue weighted by Crippen LogP contribution is -2.00. The summed E-state index contributed by atoms with van der Waals surface area (Å²) in [5.41, 5.74) is 2.18. The van der Waals surface area contributed by atoms with Crippen LogP contribution in [0.4, 0.5) is 0 Å². The van der Waals surface area contributed by atoms with Crippen LogP contribution in [0.1, 0.15) is 18.1 Å². The zero-order valence-electron chi connectivity index (χ0n) is 7.38. The van der Waals surface area contributed by atoms with E-state index in [-0.39, 0.29) is 5.78 Å². The number of rotatable bonds is 3. The average molecular weight is 259 g/mol. The molecule has 1 aromatic carbocycles. The minimum Gasteiger partial charge on any atom is -0.300 e. The number of benzene rings is 1. The maximum absolute atomic E-state index is 11.0. The summed E-state index contributed by atoms with van der Waals surface area (Å²) in [5, 5.41) is 0.745. The van der Waals surface area contributed by atoms with Crippen molar-refractivity contribution >= 4 is 34.3 Å². The molecule has 0 spiro atoms. The van der Waals surface area contributed by atoms with Gasteiger partial charge in [0.25, 0.3) is 0 Å². The van der Waals surface area contributed by atoms with Gasteiger partial charge < -0.3 is 0 Å². The number of ketones is 1. The van der Waals surface area contributed by atoms with Gasteiger partial charge in [-0.3, -0.25) is 4.79 Å². The van der Waals surface area contributed by atoms with Crippen molar-refractivity contribution in [3.05, 3.63) is 29.3 Å². The Hall–Kier alpha value is -0.280. The van der Waals surface area contributed by atoms with Gasteiger partial charge >= 0.3 is 0 Å². The van der Waals surface area contributed by atoms with Crippen molar-refractivity contribution in [2.45, 2.75) is 23.6 Å². The van der Waals surface area contributed by atoms with E-state index in [9.17, 15) is 4.79 Å². The van der Waals surface area contributed by atoms with Crippen molar-refractivity contribution in [1.29, 1.82) is 0 Å². The predicted molar refractivity (Wildman–Crippen MR) is 60.7 cm³/mol. The molecule has 0 heterocycles. The van der Waals surface area contributed by atoms with Crippen molar-refractivity contribution < 1.29 is 4.79 Å². The van der Waals surface area contributed by atoms with Gasteiger partial charge in [0.15, 0.2) is 0 Å². The first kappa shape index (κ1) is 10.8. The van der Waals surface area contributed by atoms with E-state index in [2.05, 4.69) is 28.6 Å². The van der Waals surface area contributed by atoms with E-state index in [1.165, 1.54) is 0 Å². The lowest BCUT2D eigenvalue weighted by atomic mass is 10.0. The first-order chi connectivity index (χ1) is 6.15. The van der Waals surface area contributed by atoms with Crippen LogP contribution < -0.4 is 0 Å². The lowest BCUT2D eigenvalue weighted by molar-refractivity contribution is -0.116. The summed E-state index contributed by atoms with van der Waals surface area (Å²) in [6.07, 6.45) is 0.495. The van der Waals surface area contributed by atoms with Gasteiger partial charge in [0.05, 0.1) is 0 Å². The molecule has 0 aromatic heterocycles. The highest BCUT2D eigenvalue weighted by Gasteiger charge is 2.06. The highest BCUT2D eigenvalue weighted by Crippen LogP contribution is 2.21. The van der Waals surface area contributed by atoms with Gasteiger partial charge in [-0.1, -0.05) is 28.1 Å². The number of halogens is 1. The second kappa shape index (κ2) is 4.82. The molecule has 0 bridgehead atoms. The normalized spacial score (nSPS) is 10.1. The van der Waals surface area contributed by atoms with E-state index >= 15 is 0 Å². The Kier molecular flexibility index (Phi) is 4.00. The Morgan fingerprint density at radius 3 is 2.77 bits per heavy atom. The molecule has 1 nitrogen and oxygen atoms in total. The molecular formula is C10H11BrOS. The molecule has 13 heavy (non-hydrogen) atoms. The van der Waals surface area contributed by atoms with Crippen molar-refractivity contribution in [2.24, 2.45) is 0 Å². The van der Waals surface area contributed by atoms with Gasteiger partial charge in [-0.25, -0.2) is 0 Å². The molecule has 0 fully saturated rings. The first-order valence-electron chi connectivity index (χ1n) is 4.00. The fraction of sp³-hybridized carbons (Fsp3) is 0.300. The second-order valence-electron chi connectivity index (χ2n) is 2.93. The van der Waals surface area contributed by atoms with Crippen LogP contribution in [0.15, 0.2) is 23.1 Å². The molecule has 0 saturated carbocycles. The third-order valence-corrected chi connectivity index (χ3v) is 2.80. The Morgan fingerprint density at radius 2 is 2.23 bits per heavy atom. The molecule has 0 atom stereocenters. The minimum atomic E-state index is 0.182. The summed E-state index contributed by atoms with van der Waals surface area (Å²) in [4.78, 5) is 11.9. The van der Waals surface area contributed by atoms with Gasteiger partial charge in [-0.2, -0.15) is 0 Å². The van der Waals surface area contributed by atoms with Crippen LogP contribution in [0.5, 0.6) is 0 Å². The van der Waals surface area contributed by atoms with Crippen molar-refractivity contribution in [3.8, 4) is 0 Å². The van der Waals surface area contributed by atoms with E-state index < -0.39 is 0 Å². The Balaban J connectivity index is 3.05. The molecule has 1 aromatic rings.